The first-order valence-corrected chi connectivity index (χ1v) is 9.10. The zero-order valence-corrected chi connectivity index (χ0v) is 19.1. The van der Waals surface area contributed by atoms with Crippen molar-refractivity contribution in [2.24, 2.45) is 10.7 Å². The largest absolute Gasteiger partial charge is 0.493 e. The molecule has 27 heavy (non-hydrogen) atoms. The van der Waals surface area contributed by atoms with E-state index in [0.717, 1.165) is 27.8 Å². The molecule has 1 aliphatic heterocycles. The van der Waals surface area contributed by atoms with E-state index in [1.54, 1.807) is 14.2 Å². The average Bonchev–Trinajstić information content (AvgIpc) is 2.67. The van der Waals surface area contributed by atoms with E-state index in [0.29, 0.717) is 30.6 Å². The molecule has 1 atom stereocenters. The van der Waals surface area contributed by atoms with Crippen molar-refractivity contribution >= 4 is 45.9 Å². The molecule has 1 aliphatic rings. The van der Waals surface area contributed by atoms with Gasteiger partial charge >= 0.3 is 0 Å². The van der Waals surface area contributed by atoms with E-state index in [1.165, 1.54) is 0 Å². The summed E-state index contributed by atoms with van der Waals surface area (Å²) in [6.07, 6.45) is 0.841. The van der Waals surface area contributed by atoms with Gasteiger partial charge in [0.05, 0.1) is 33.4 Å². The summed E-state index contributed by atoms with van der Waals surface area (Å²) in [4.78, 5) is 4.47. The van der Waals surface area contributed by atoms with Gasteiger partial charge in [0.25, 0.3) is 0 Å². The standard InChI is InChI=1S/C19H22BrN3O3.HI/c1-24-17-9-12(14(20)10-18(17)25-2)11-22-19(21)23-15-7-8-26-16-6-4-3-5-13(15)16;/h3-6,9-10,15H,7-8,11H2,1-2H3,(H3,21,22,23);1H. The van der Waals surface area contributed by atoms with Crippen molar-refractivity contribution in [3.63, 3.8) is 0 Å². The van der Waals surface area contributed by atoms with E-state index < -0.39 is 0 Å². The SMILES string of the molecule is COc1cc(Br)c(CN=C(N)NC2CCOc3ccccc32)cc1OC.I. The fraction of sp³-hybridized carbons (Fsp3) is 0.316. The topological polar surface area (TPSA) is 78.1 Å². The molecule has 0 saturated heterocycles. The molecule has 0 saturated carbocycles. The normalized spacial score (nSPS) is 15.8. The predicted octanol–water partition coefficient (Wildman–Crippen LogP) is 4.01. The number of aliphatic imine (C=N–C) groups is 1. The third kappa shape index (κ3) is 5.19. The van der Waals surface area contributed by atoms with Gasteiger partial charge < -0.3 is 25.3 Å². The summed E-state index contributed by atoms with van der Waals surface area (Å²) in [5.41, 5.74) is 8.17. The van der Waals surface area contributed by atoms with Crippen LogP contribution >= 0.6 is 39.9 Å². The lowest BCUT2D eigenvalue weighted by Gasteiger charge is -2.27. The number of fused-ring (bicyclic) bond motifs is 1. The Morgan fingerprint density at radius 1 is 1.26 bits per heavy atom. The van der Waals surface area contributed by atoms with Gasteiger partial charge in [-0.15, -0.1) is 24.0 Å². The summed E-state index contributed by atoms with van der Waals surface area (Å²) in [5, 5.41) is 3.29. The minimum absolute atomic E-state index is 0. The van der Waals surface area contributed by atoms with Crippen LogP contribution in [0.4, 0.5) is 0 Å². The highest BCUT2D eigenvalue weighted by atomic mass is 127. The second kappa shape index (κ2) is 10.0. The van der Waals surface area contributed by atoms with Crippen LogP contribution in [0.1, 0.15) is 23.6 Å². The number of ether oxygens (including phenoxy) is 3. The number of methoxy groups -OCH3 is 2. The number of guanidine groups is 1. The van der Waals surface area contributed by atoms with Gasteiger partial charge in [-0.25, -0.2) is 4.99 Å². The number of nitrogens with zero attached hydrogens (tertiary/aromatic N) is 1. The van der Waals surface area contributed by atoms with Gasteiger partial charge in [-0.1, -0.05) is 34.1 Å². The van der Waals surface area contributed by atoms with E-state index >= 15 is 0 Å². The molecule has 1 heterocycles. The Morgan fingerprint density at radius 3 is 2.70 bits per heavy atom. The van der Waals surface area contributed by atoms with E-state index in [4.69, 9.17) is 19.9 Å². The number of hydrogen-bond donors (Lipinski definition) is 2. The molecule has 3 N–H and O–H groups in total. The third-order valence-electron chi connectivity index (χ3n) is 4.25. The van der Waals surface area contributed by atoms with Crippen molar-refractivity contribution < 1.29 is 14.2 Å². The number of hydrogen-bond acceptors (Lipinski definition) is 4. The van der Waals surface area contributed by atoms with Crippen LogP contribution < -0.4 is 25.3 Å². The zero-order valence-electron chi connectivity index (χ0n) is 15.2. The van der Waals surface area contributed by atoms with Crippen molar-refractivity contribution in [2.75, 3.05) is 20.8 Å². The molecule has 0 fully saturated rings. The van der Waals surface area contributed by atoms with Crippen LogP contribution in [0.5, 0.6) is 17.2 Å². The van der Waals surface area contributed by atoms with Gasteiger partial charge in [0, 0.05) is 16.5 Å². The summed E-state index contributed by atoms with van der Waals surface area (Å²) in [6.45, 7) is 1.08. The smallest absolute Gasteiger partial charge is 0.189 e. The fourth-order valence-electron chi connectivity index (χ4n) is 2.90. The van der Waals surface area contributed by atoms with Crippen LogP contribution in [0.25, 0.3) is 0 Å². The number of nitrogens with one attached hydrogen (secondary N) is 1. The summed E-state index contributed by atoms with van der Waals surface area (Å²) < 4.78 is 17.2. The van der Waals surface area contributed by atoms with E-state index in [9.17, 15) is 0 Å². The van der Waals surface area contributed by atoms with Gasteiger partial charge in [-0.2, -0.15) is 0 Å². The van der Waals surface area contributed by atoms with Crippen LogP contribution in [-0.4, -0.2) is 26.8 Å². The lowest BCUT2D eigenvalue weighted by Crippen LogP contribution is -2.37. The molecule has 8 heteroatoms. The Labute approximate surface area is 184 Å². The van der Waals surface area contributed by atoms with Gasteiger partial charge in [0.1, 0.15) is 5.75 Å². The molecule has 146 valence electrons. The quantitative estimate of drug-likeness (QED) is 0.336. The molecule has 6 nitrogen and oxygen atoms in total. The summed E-state index contributed by atoms with van der Waals surface area (Å²) in [5.74, 6) is 2.61. The van der Waals surface area contributed by atoms with E-state index in [2.05, 4.69) is 26.2 Å². The Morgan fingerprint density at radius 2 is 1.96 bits per heavy atom. The van der Waals surface area contributed by atoms with Gasteiger partial charge in [-0.05, 0) is 23.8 Å². The second-order valence-electron chi connectivity index (χ2n) is 5.87. The van der Waals surface area contributed by atoms with Crippen LogP contribution in [-0.2, 0) is 6.54 Å². The van der Waals surface area contributed by atoms with Crippen molar-refractivity contribution in [2.45, 2.75) is 19.0 Å². The Kier molecular flexibility index (Phi) is 8.03. The molecule has 0 bridgehead atoms. The molecule has 0 amide bonds. The minimum Gasteiger partial charge on any atom is -0.493 e. The number of rotatable bonds is 5. The maximum absolute atomic E-state index is 6.11. The molecule has 2 aromatic rings. The van der Waals surface area contributed by atoms with Gasteiger partial charge in [0.2, 0.25) is 0 Å². The molecule has 0 aliphatic carbocycles. The molecule has 0 spiro atoms. The molecular weight excluding hydrogens is 525 g/mol. The Hall–Kier alpha value is -1.68. The van der Waals surface area contributed by atoms with E-state index in [-0.39, 0.29) is 30.0 Å². The van der Waals surface area contributed by atoms with Crippen LogP contribution in [0.2, 0.25) is 0 Å². The van der Waals surface area contributed by atoms with Crippen molar-refractivity contribution in [1.29, 1.82) is 0 Å². The first-order chi connectivity index (χ1) is 12.6. The number of nitrogens with two attached hydrogens (primary N) is 1. The summed E-state index contributed by atoms with van der Waals surface area (Å²) >= 11 is 3.54. The van der Waals surface area contributed by atoms with Crippen molar-refractivity contribution in [1.82, 2.24) is 5.32 Å². The van der Waals surface area contributed by atoms with Crippen molar-refractivity contribution in [3.05, 3.63) is 52.0 Å². The van der Waals surface area contributed by atoms with Crippen LogP contribution in [0.3, 0.4) is 0 Å². The molecule has 0 radical (unpaired) electrons. The predicted molar refractivity (Wildman–Crippen MR) is 120 cm³/mol. The number of para-hydroxylation sites is 1. The molecular formula is C19H23BrIN3O3. The highest BCUT2D eigenvalue weighted by molar-refractivity contribution is 14.0. The maximum Gasteiger partial charge on any atom is 0.189 e. The third-order valence-corrected chi connectivity index (χ3v) is 4.99. The van der Waals surface area contributed by atoms with Gasteiger partial charge in [0.15, 0.2) is 17.5 Å². The van der Waals surface area contributed by atoms with Crippen LogP contribution in [0, 0.1) is 0 Å². The second-order valence-corrected chi connectivity index (χ2v) is 6.73. The highest BCUT2D eigenvalue weighted by Crippen LogP contribution is 2.34. The number of benzene rings is 2. The fourth-order valence-corrected chi connectivity index (χ4v) is 3.35. The molecule has 3 rings (SSSR count). The Bertz CT molecular complexity index is 817. The molecule has 2 aromatic carbocycles. The first-order valence-electron chi connectivity index (χ1n) is 8.31. The average molecular weight is 548 g/mol. The van der Waals surface area contributed by atoms with Crippen LogP contribution in [0.15, 0.2) is 45.9 Å². The molecule has 0 aromatic heterocycles. The van der Waals surface area contributed by atoms with Gasteiger partial charge in [-0.3, -0.25) is 0 Å². The minimum atomic E-state index is 0. The Balaban J connectivity index is 0.00000261. The van der Waals surface area contributed by atoms with E-state index in [1.807, 2.05) is 36.4 Å². The lowest BCUT2D eigenvalue weighted by molar-refractivity contribution is 0.262. The summed E-state index contributed by atoms with van der Waals surface area (Å²) in [6, 6.07) is 11.8. The summed E-state index contributed by atoms with van der Waals surface area (Å²) in [7, 11) is 3.22. The highest BCUT2D eigenvalue weighted by Gasteiger charge is 2.21. The number of halogens is 2. The first kappa shape index (κ1) is 21.6. The van der Waals surface area contributed by atoms with Crippen molar-refractivity contribution in [3.8, 4) is 17.2 Å². The lowest BCUT2D eigenvalue weighted by atomic mass is 10.0. The monoisotopic (exact) mass is 547 g/mol. The maximum atomic E-state index is 6.11. The zero-order chi connectivity index (χ0) is 18.5. The molecule has 1 unspecified atom stereocenters.